The molecule has 3 aromatic rings. The van der Waals surface area contributed by atoms with E-state index in [1.807, 2.05) is 24.3 Å². The summed E-state index contributed by atoms with van der Waals surface area (Å²) >= 11 is 0. The third-order valence-corrected chi connectivity index (χ3v) is 4.41. The van der Waals surface area contributed by atoms with Crippen LogP contribution in [0.4, 0.5) is 11.8 Å². The Morgan fingerprint density at radius 2 is 1.50 bits per heavy atom. The lowest BCUT2D eigenvalue weighted by atomic mass is 10.1. The second-order valence-electron chi connectivity index (χ2n) is 6.14. The molecule has 0 aliphatic carbocycles. The highest BCUT2D eigenvalue weighted by Crippen LogP contribution is 2.23. The van der Waals surface area contributed by atoms with Gasteiger partial charge in [0.05, 0.1) is 5.69 Å². The van der Waals surface area contributed by atoms with Crippen LogP contribution in [0.5, 0.6) is 0 Å². The predicted molar refractivity (Wildman–Crippen MR) is 110 cm³/mol. The van der Waals surface area contributed by atoms with Crippen molar-refractivity contribution in [1.82, 2.24) is 9.97 Å². The van der Waals surface area contributed by atoms with Gasteiger partial charge >= 0.3 is 0 Å². The number of anilines is 2. The fourth-order valence-corrected chi connectivity index (χ4v) is 2.94. The van der Waals surface area contributed by atoms with Crippen molar-refractivity contribution < 1.29 is 0 Å². The van der Waals surface area contributed by atoms with E-state index in [1.54, 1.807) is 0 Å². The maximum Gasteiger partial charge on any atom is 0.225 e. The minimum Gasteiger partial charge on any atom is -0.357 e. The fraction of sp³-hybridized carbons (Fsp3) is 0.273. The molecule has 1 N–H and O–H groups in total. The third-order valence-electron chi connectivity index (χ3n) is 4.41. The molecule has 4 nitrogen and oxygen atoms in total. The van der Waals surface area contributed by atoms with E-state index in [4.69, 9.17) is 9.97 Å². The van der Waals surface area contributed by atoms with Gasteiger partial charge in [-0.05, 0) is 25.8 Å². The standard InChI is InChI=1S/C22H26N4/c1-3-26(4-2)21-17-20(19-13-9-6-10-14-19)24-22(25-21)23-16-15-18-11-7-5-8-12-18/h5-14,17H,3-4,15-16H2,1-2H3,(H,23,24,25). The van der Waals surface area contributed by atoms with Gasteiger partial charge in [-0.3, -0.25) is 0 Å². The number of aromatic nitrogens is 2. The van der Waals surface area contributed by atoms with E-state index in [0.717, 1.165) is 43.1 Å². The Kier molecular flexibility index (Phi) is 6.20. The van der Waals surface area contributed by atoms with Crippen molar-refractivity contribution in [3.63, 3.8) is 0 Å². The molecule has 134 valence electrons. The van der Waals surface area contributed by atoms with Gasteiger partial charge < -0.3 is 10.2 Å². The third kappa shape index (κ3) is 4.60. The summed E-state index contributed by atoms with van der Waals surface area (Å²) in [4.78, 5) is 11.7. The molecule has 0 atom stereocenters. The summed E-state index contributed by atoms with van der Waals surface area (Å²) in [6, 6.07) is 22.8. The van der Waals surface area contributed by atoms with Crippen LogP contribution in [0, 0.1) is 0 Å². The first kappa shape index (κ1) is 17.9. The van der Waals surface area contributed by atoms with Crippen LogP contribution in [0.1, 0.15) is 19.4 Å². The van der Waals surface area contributed by atoms with E-state index in [0.29, 0.717) is 5.95 Å². The van der Waals surface area contributed by atoms with Gasteiger partial charge in [0.1, 0.15) is 5.82 Å². The summed E-state index contributed by atoms with van der Waals surface area (Å²) in [6.45, 7) is 6.95. The lowest BCUT2D eigenvalue weighted by Gasteiger charge is -2.21. The number of rotatable bonds is 8. The van der Waals surface area contributed by atoms with E-state index in [1.165, 1.54) is 5.56 Å². The first-order valence-electron chi connectivity index (χ1n) is 9.27. The molecule has 0 radical (unpaired) electrons. The Labute approximate surface area is 155 Å². The number of hydrogen-bond acceptors (Lipinski definition) is 4. The van der Waals surface area contributed by atoms with Crippen molar-refractivity contribution in [2.45, 2.75) is 20.3 Å². The number of hydrogen-bond donors (Lipinski definition) is 1. The zero-order valence-electron chi connectivity index (χ0n) is 15.5. The molecule has 1 heterocycles. The van der Waals surface area contributed by atoms with Crippen molar-refractivity contribution in [2.24, 2.45) is 0 Å². The van der Waals surface area contributed by atoms with E-state index >= 15 is 0 Å². The SMILES string of the molecule is CCN(CC)c1cc(-c2ccccc2)nc(NCCc2ccccc2)n1. The highest BCUT2D eigenvalue weighted by Gasteiger charge is 2.10. The van der Waals surface area contributed by atoms with Crippen molar-refractivity contribution >= 4 is 11.8 Å². The van der Waals surface area contributed by atoms with Crippen molar-refractivity contribution in [2.75, 3.05) is 29.9 Å². The molecule has 0 unspecified atom stereocenters. The second-order valence-corrected chi connectivity index (χ2v) is 6.14. The van der Waals surface area contributed by atoms with Crippen LogP contribution in [-0.2, 0) is 6.42 Å². The van der Waals surface area contributed by atoms with Gasteiger partial charge in [-0.15, -0.1) is 0 Å². The van der Waals surface area contributed by atoms with Gasteiger partial charge in [-0.25, -0.2) is 4.98 Å². The Bertz CT molecular complexity index is 799. The maximum atomic E-state index is 4.74. The molecule has 0 saturated carbocycles. The van der Waals surface area contributed by atoms with E-state index in [9.17, 15) is 0 Å². The van der Waals surface area contributed by atoms with Crippen LogP contribution in [0.2, 0.25) is 0 Å². The first-order valence-corrected chi connectivity index (χ1v) is 9.27. The molecular weight excluding hydrogens is 320 g/mol. The lowest BCUT2D eigenvalue weighted by Crippen LogP contribution is -2.23. The Morgan fingerprint density at radius 1 is 0.846 bits per heavy atom. The van der Waals surface area contributed by atoms with Crippen LogP contribution < -0.4 is 10.2 Å². The first-order chi connectivity index (χ1) is 12.8. The van der Waals surface area contributed by atoms with Crippen molar-refractivity contribution in [3.8, 4) is 11.3 Å². The summed E-state index contributed by atoms with van der Waals surface area (Å²) < 4.78 is 0. The molecule has 2 aromatic carbocycles. The summed E-state index contributed by atoms with van der Waals surface area (Å²) in [6.07, 6.45) is 0.945. The van der Waals surface area contributed by atoms with Crippen LogP contribution in [0.25, 0.3) is 11.3 Å². The largest absolute Gasteiger partial charge is 0.357 e. The van der Waals surface area contributed by atoms with Gasteiger partial charge in [0.25, 0.3) is 0 Å². The monoisotopic (exact) mass is 346 g/mol. The molecule has 0 bridgehead atoms. The summed E-state index contributed by atoms with van der Waals surface area (Å²) in [7, 11) is 0. The van der Waals surface area contributed by atoms with Gasteiger partial charge in [0.2, 0.25) is 5.95 Å². The van der Waals surface area contributed by atoms with Crippen molar-refractivity contribution in [3.05, 3.63) is 72.3 Å². The van der Waals surface area contributed by atoms with E-state index in [-0.39, 0.29) is 0 Å². The molecule has 26 heavy (non-hydrogen) atoms. The molecule has 0 amide bonds. The zero-order valence-corrected chi connectivity index (χ0v) is 15.5. The molecular formula is C22H26N4. The summed E-state index contributed by atoms with van der Waals surface area (Å²) in [5, 5.41) is 3.40. The van der Waals surface area contributed by atoms with E-state index in [2.05, 4.69) is 66.5 Å². The van der Waals surface area contributed by atoms with Crippen molar-refractivity contribution in [1.29, 1.82) is 0 Å². The molecule has 3 rings (SSSR count). The maximum absolute atomic E-state index is 4.74. The quantitative estimate of drug-likeness (QED) is 0.645. The highest BCUT2D eigenvalue weighted by molar-refractivity contribution is 5.64. The smallest absolute Gasteiger partial charge is 0.225 e. The highest BCUT2D eigenvalue weighted by atomic mass is 15.2. The Balaban J connectivity index is 1.82. The van der Waals surface area contributed by atoms with Gasteiger partial charge in [-0.1, -0.05) is 60.7 Å². The minimum absolute atomic E-state index is 0.684. The lowest BCUT2D eigenvalue weighted by molar-refractivity contribution is 0.841. The van der Waals surface area contributed by atoms with Crippen LogP contribution in [0.15, 0.2) is 66.7 Å². The summed E-state index contributed by atoms with van der Waals surface area (Å²) in [5.41, 5.74) is 3.36. The molecule has 1 aromatic heterocycles. The minimum atomic E-state index is 0.684. The predicted octanol–water partition coefficient (Wildman–Crippen LogP) is 4.64. The van der Waals surface area contributed by atoms with Crippen LogP contribution in [-0.4, -0.2) is 29.6 Å². The molecule has 0 fully saturated rings. The number of nitrogens with zero attached hydrogens (tertiary/aromatic N) is 3. The zero-order chi connectivity index (χ0) is 18.2. The van der Waals surface area contributed by atoms with Crippen LogP contribution >= 0.6 is 0 Å². The summed E-state index contributed by atoms with van der Waals surface area (Å²) in [5.74, 6) is 1.65. The molecule has 0 aliphatic heterocycles. The van der Waals surface area contributed by atoms with Gasteiger partial charge in [-0.2, -0.15) is 4.98 Å². The fourth-order valence-electron chi connectivity index (χ4n) is 2.94. The normalized spacial score (nSPS) is 10.5. The Morgan fingerprint density at radius 3 is 2.15 bits per heavy atom. The van der Waals surface area contributed by atoms with E-state index < -0.39 is 0 Å². The molecule has 0 spiro atoms. The average molecular weight is 346 g/mol. The number of benzene rings is 2. The molecule has 0 aliphatic rings. The molecule has 0 saturated heterocycles. The van der Waals surface area contributed by atoms with Gasteiger partial charge in [0, 0.05) is 31.3 Å². The second kappa shape index (κ2) is 8.99. The topological polar surface area (TPSA) is 41.1 Å². The Hall–Kier alpha value is -2.88. The average Bonchev–Trinajstić information content (AvgIpc) is 2.70. The number of nitrogens with one attached hydrogen (secondary N) is 1. The van der Waals surface area contributed by atoms with Gasteiger partial charge in [0.15, 0.2) is 0 Å². The van der Waals surface area contributed by atoms with Crippen LogP contribution in [0.3, 0.4) is 0 Å². The molecule has 4 heteroatoms.